The van der Waals surface area contributed by atoms with E-state index in [4.69, 9.17) is 23.2 Å². The van der Waals surface area contributed by atoms with Crippen LogP contribution in [-0.4, -0.2) is 9.97 Å². The molecular formula is C6HCl2F3N4O2. The Morgan fingerprint density at radius 2 is 1.65 bits per heavy atom. The van der Waals surface area contributed by atoms with E-state index in [-0.39, 0.29) is 9.46 Å². The quantitative estimate of drug-likeness (QED) is 0.583. The summed E-state index contributed by atoms with van der Waals surface area (Å²) in [5.74, 6) is -1.49. The Hall–Kier alpha value is -1.48. The monoisotopic (exact) mass is 288 g/mol. The zero-order valence-electron chi connectivity index (χ0n) is 7.55. The van der Waals surface area contributed by atoms with Crippen LogP contribution in [0.25, 0.3) is 11.3 Å². The molecule has 0 saturated carbocycles. The van der Waals surface area contributed by atoms with E-state index in [1.54, 1.807) is 4.98 Å². The zero-order valence-corrected chi connectivity index (χ0v) is 9.06. The molecule has 0 unspecified atom stereocenters. The molecule has 0 amide bonds. The SMILES string of the molecule is [O-][n+]1c(Cl)c(Cl)[n+]([O-])c2[nH]c(C(F)(F)F)nc21. The molecule has 0 spiro atoms. The summed E-state index contributed by atoms with van der Waals surface area (Å²) in [5, 5.41) is 21.2. The number of imidazole rings is 1. The third-order valence-corrected chi connectivity index (χ3v) is 2.62. The highest BCUT2D eigenvalue weighted by molar-refractivity contribution is 6.39. The first-order chi connectivity index (χ1) is 7.73. The fraction of sp³-hybridized carbons (Fsp3) is 0.167. The molecule has 0 aliphatic heterocycles. The van der Waals surface area contributed by atoms with Crippen molar-refractivity contribution in [2.45, 2.75) is 6.18 Å². The van der Waals surface area contributed by atoms with E-state index in [2.05, 4.69) is 4.98 Å². The number of halogens is 5. The van der Waals surface area contributed by atoms with Gasteiger partial charge in [0.05, 0.1) is 0 Å². The van der Waals surface area contributed by atoms with Crippen LogP contribution in [-0.2, 0) is 6.18 Å². The van der Waals surface area contributed by atoms with Crippen LogP contribution in [0.1, 0.15) is 5.82 Å². The lowest BCUT2D eigenvalue weighted by molar-refractivity contribution is -0.627. The first-order valence-electron chi connectivity index (χ1n) is 3.90. The maximum Gasteiger partial charge on any atom is 0.499 e. The van der Waals surface area contributed by atoms with Gasteiger partial charge in [-0.2, -0.15) is 18.2 Å². The number of nitrogens with one attached hydrogen (secondary N) is 1. The highest BCUT2D eigenvalue weighted by atomic mass is 35.5. The van der Waals surface area contributed by atoms with Crippen LogP contribution in [0.5, 0.6) is 0 Å². The summed E-state index contributed by atoms with van der Waals surface area (Å²) in [6, 6.07) is 0. The highest BCUT2D eigenvalue weighted by Gasteiger charge is 2.45. The normalized spacial score (nSPS) is 12.3. The Labute approximate surface area is 100 Å². The Balaban J connectivity index is 2.86. The van der Waals surface area contributed by atoms with E-state index in [1.165, 1.54) is 0 Å². The maximum atomic E-state index is 12.3. The molecule has 0 bridgehead atoms. The summed E-state index contributed by atoms with van der Waals surface area (Å²) in [6.07, 6.45) is -4.82. The van der Waals surface area contributed by atoms with E-state index in [0.717, 1.165) is 0 Å². The molecule has 17 heavy (non-hydrogen) atoms. The van der Waals surface area contributed by atoms with Gasteiger partial charge in [0, 0.05) is 4.98 Å². The van der Waals surface area contributed by atoms with Gasteiger partial charge in [-0.1, -0.05) is 0 Å². The van der Waals surface area contributed by atoms with Gasteiger partial charge >= 0.3 is 23.3 Å². The van der Waals surface area contributed by atoms with E-state index in [9.17, 15) is 23.6 Å². The van der Waals surface area contributed by atoms with Crippen LogP contribution >= 0.6 is 23.2 Å². The van der Waals surface area contributed by atoms with Crippen molar-refractivity contribution >= 4 is 34.5 Å². The number of rotatable bonds is 0. The van der Waals surface area contributed by atoms with Gasteiger partial charge in [-0.05, 0) is 23.2 Å². The molecule has 0 fully saturated rings. The second-order valence-electron chi connectivity index (χ2n) is 2.93. The second kappa shape index (κ2) is 3.50. The van der Waals surface area contributed by atoms with Crippen LogP contribution in [0.15, 0.2) is 0 Å². The third-order valence-electron chi connectivity index (χ3n) is 1.86. The van der Waals surface area contributed by atoms with Crippen molar-refractivity contribution < 1.29 is 22.6 Å². The van der Waals surface area contributed by atoms with E-state index in [1.807, 2.05) is 0 Å². The Morgan fingerprint density at radius 3 is 2.18 bits per heavy atom. The smallest absolute Gasteiger partial charge is 0.499 e. The van der Waals surface area contributed by atoms with Crippen LogP contribution in [0.3, 0.4) is 0 Å². The first-order valence-corrected chi connectivity index (χ1v) is 4.66. The largest absolute Gasteiger partial charge is 0.709 e. The number of fused-ring (bicyclic) bond motifs is 1. The molecule has 2 aromatic heterocycles. The van der Waals surface area contributed by atoms with Crippen molar-refractivity contribution in [2.75, 3.05) is 0 Å². The number of H-pyrrole nitrogens is 1. The minimum absolute atomic E-state index is 0.143. The summed E-state index contributed by atoms with van der Waals surface area (Å²) < 4.78 is 36.6. The summed E-state index contributed by atoms with van der Waals surface area (Å²) >= 11 is 10.7. The van der Waals surface area contributed by atoms with Crippen molar-refractivity contribution in [2.24, 2.45) is 0 Å². The van der Waals surface area contributed by atoms with Crippen molar-refractivity contribution in [1.82, 2.24) is 9.97 Å². The van der Waals surface area contributed by atoms with Gasteiger partial charge in [-0.25, -0.2) is 9.46 Å². The predicted octanol–water partition coefficient (Wildman–Crippen LogP) is 1.16. The van der Waals surface area contributed by atoms with E-state index in [0.29, 0.717) is 0 Å². The average Bonchev–Trinajstić information content (AvgIpc) is 2.67. The minimum atomic E-state index is -4.82. The van der Waals surface area contributed by atoms with Gasteiger partial charge in [0.15, 0.2) is 0 Å². The van der Waals surface area contributed by atoms with Crippen molar-refractivity contribution in [3.05, 3.63) is 26.5 Å². The molecule has 0 saturated heterocycles. The maximum absolute atomic E-state index is 12.3. The molecule has 1 N–H and O–H groups in total. The van der Waals surface area contributed by atoms with Crippen LogP contribution in [0, 0.1) is 10.4 Å². The molecule has 0 aliphatic rings. The van der Waals surface area contributed by atoms with Gasteiger partial charge in [-0.15, -0.1) is 0 Å². The number of nitrogens with zero attached hydrogens (tertiary/aromatic N) is 3. The molecule has 2 aromatic rings. The summed E-state index contributed by atoms with van der Waals surface area (Å²) in [6.45, 7) is 0. The second-order valence-corrected chi connectivity index (χ2v) is 3.64. The fourth-order valence-corrected chi connectivity index (χ4v) is 1.45. The van der Waals surface area contributed by atoms with Gasteiger partial charge in [0.2, 0.25) is 0 Å². The zero-order chi connectivity index (χ0) is 13.0. The Bertz CT molecular complexity index is 567. The number of hydrogen-bond acceptors (Lipinski definition) is 3. The Kier molecular flexibility index (Phi) is 2.47. The molecule has 0 radical (unpaired) electrons. The molecule has 2 rings (SSSR count). The summed E-state index contributed by atoms with van der Waals surface area (Å²) in [5.41, 5.74) is -1.51. The van der Waals surface area contributed by atoms with Gasteiger partial charge in [0.25, 0.3) is 10.3 Å². The van der Waals surface area contributed by atoms with Gasteiger partial charge < -0.3 is 10.4 Å². The van der Waals surface area contributed by atoms with Gasteiger partial charge in [0.1, 0.15) is 0 Å². The topological polar surface area (TPSA) is 82.6 Å². The van der Waals surface area contributed by atoms with Crippen molar-refractivity contribution in [3.8, 4) is 0 Å². The molecule has 6 nitrogen and oxygen atoms in total. The summed E-state index contributed by atoms with van der Waals surface area (Å²) in [7, 11) is 0. The molecule has 0 aliphatic carbocycles. The van der Waals surface area contributed by atoms with Crippen LogP contribution < -0.4 is 9.46 Å². The molecule has 11 heteroatoms. The number of aromatic nitrogens is 4. The fourth-order valence-electron chi connectivity index (χ4n) is 1.13. The lowest BCUT2D eigenvalue weighted by atomic mass is 10.6. The molecule has 0 atom stereocenters. The predicted molar refractivity (Wildman–Crippen MR) is 49.0 cm³/mol. The standard InChI is InChI=1S/C6HCl2F3N4O2/c7-1-2(8)15(17)4-3(14(1)16)12-5(13-4)6(9,10)11/h(H,12,13). The molecule has 92 valence electrons. The first kappa shape index (κ1) is 12.0. The number of hydrogen-bond donors (Lipinski definition) is 1. The average molecular weight is 289 g/mol. The Morgan fingerprint density at radius 1 is 1.12 bits per heavy atom. The molecular weight excluding hydrogens is 288 g/mol. The number of alkyl halides is 3. The minimum Gasteiger partial charge on any atom is -0.709 e. The highest BCUT2D eigenvalue weighted by Crippen LogP contribution is 2.27. The van der Waals surface area contributed by atoms with Crippen molar-refractivity contribution in [3.63, 3.8) is 0 Å². The van der Waals surface area contributed by atoms with Crippen molar-refractivity contribution in [1.29, 1.82) is 0 Å². The van der Waals surface area contributed by atoms with E-state index >= 15 is 0 Å². The number of aromatic amines is 1. The lowest BCUT2D eigenvalue weighted by Gasteiger charge is -2.08. The van der Waals surface area contributed by atoms with Gasteiger partial charge in [-0.3, -0.25) is 0 Å². The summed E-state index contributed by atoms with van der Waals surface area (Å²) in [4.78, 5) is 4.62. The molecule has 2 heterocycles. The van der Waals surface area contributed by atoms with Crippen LogP contribution in [0.4, 0.5) is 13.2 Å². The van der Waals surface area contributed by atoms with Crippen LogP contribution in [0.2, 0.25) is 10.3 Å². The molecule has 0 aromatic carbocycles. The third kappa shape index (κ3) is 1.71. The lowest BCUT2D eigenvalue weighted by Crippen LogP contribution is -2.40. The van der Waals surface area contributed by atoms with E-state index < -0.39 is 33.6 Å².